The highest BCUT2D eigenvalue weighted by Crippen LogP contribution is 2.15. The molecule has 78 valence electrons. The molecular formula is C7H14BrNO3S. The standard InChI is InChI=1S/C7H14BrNO3S/c1-6-3-9(4-7(2)12-6)13(10,11)5-8/h6-7H,3-5H2,1-2H3/t6-,7-/m0/s1. The molecule has 0 unspecified atom stereocenters. The van der Waals surface area contributed by atoms with Gasteiger partial charge in [0.25, 0.3) is 0 Å². The van der Waals surface area contributed by atoms with E-state index in [1.54, 1.807) is 0 Å². The number of halogens is 1. The maximum absolute atomic E-state index is 11.5. The van der Waals surface area contributed by atoms with Gasteiger partial charge in [0.15, 0.2) is 0 Å². The molecule has 1 fully saturated rings. The Hall–Kier alpha value is 0.350. The molecule has 13 heavy (non-hydrogen) atoms. The molecule has 4 nitrogen and oxygen atoms in total. The molecule has 0 aromatic carbocycles. The number of hydrogen-bond donors (Lipinski definition) is 0. The van der Waals surface area contributed by atoms with Crippen molar-refractivity contribution in [3.63, 3.8) is 0 Å². The Bertz CT molecular complexity index is 257. The van der Waals surface area contributed by atoms with Crippen molar-refractivity contribution in [2.24, 2.45) is 0 Å². The van der Waals surface area contributed by atoms with Crippen molar-refractivity contribution in [2.45, 2.75) is 26.1 Å². The van der Waals surface area contributed by atoms with E-state index in [4.69, 9.17) is 4.74 Å². The highest BCUT2D eigenvalue weighted by atomic mass is 79.9. The third-order valence-electron chi connectivity index (χ3n) is 1.92. The van der Waals surface area contributed by atoms with Gasteiger partial charge in [-0.15, -0.1) is 0 Å². The van der Waals surface area contributed by atoms with Gasteiger partial charge in [-0.3, -0.25) is 0 Å². The lowest BCUT2D eigenvalue weighted by Crippen LogP contribution is -2.48. The van der Waals surface area contributed by atoms with Crippen molar-refractivity contribution in [3.05, 3.63) is 0 Å². The van der Waals surface area contributed by atoms with Gasteiger partial charge < -0.3 is 4.74 Å². The van der Waals surface area contributed by atoms with Crippen LogP contribution < -0.4 is 0 Å². The fraction of sp³-hybridized carbons (Fsp3) is 1.00. The van der Waals surface area contributed by atoms with Crippen LogP contribution in [0.1, 0.15) is 13.8 Å². The lowest BCUT2D eigenvalue weighted by molar-refractivity contribution is -0.0439. The van der Waals surface area contributed by atoms with Gasteiger partial charge >= 0.3 is 0 Å². The van der Waals surface area contributed by atoms with Crippen LogP contribution in [0.15, 0.2) is 0 Å². The highest BCUT2D eigenvalue weighted by Gasteiger charge is 2.29. The predicted molar refractivity (Wildman–Crippen MR) is 54.3 cm³/mol. The quantitative estimate of drug-likeness (QED) is 0.698. The Kier molecular flexibility index (Phi) is 3.73. The second-order valence-electron chi connectivity index (χ2n) is 3.30. The molecule has 0 radical (unpaired) electrons. The third kappa shape index (κ3) is 2.90. The van der Waals surface area contributed by atoms with Gasteiger partial charge in [0.1, 0.15) is 4.66 Å². The Morgan fingerprint density at radius 2 is 1.85 bits per heavy atom. The largest absolute Gasteiger partial charge is 0.373 e. The third-order valence-corrected chi connectivity index (χ3v) is 5.01. The van der Waals surface area contributed by atoms with E-state index in [0.29, 0.717) is 13.1 Å². The molecule has 6 heteroatoms. The molecular weight excluding hydrogens is 258 g/mol. The fourth-order valence-corrected chi connectivity index (χ4v) is 3.31. The summed E-state index contributed by atoms with van der Waals surface area (Å²) in [6, 6.07) is 0. The van der Waals surface area contributed by atoms with Gasteiger partial charge in [-0.25, -0.2) is 8.42 Å². The van der Waals surface area contributed by atoms with Gasteiger partial charge in [-0.2, -0.15) is 4.31 Å². The van der Waals surface area contributed by atoms with Crippen molar-refractivity contribution in [3.8, 4) is 0 Å². The minimum Gasteiger partial charge on any atom is -0.373 e. The number of ether oxygens (including phenoxy) is 1. The Balaban J connectivity index is 2.71. The molecule has 0 saturated carbocycles. The molecule has 1 saturated heterocycles. The second kappa shape index (κ2) is 4.25. The van der Waals surface area contributed by atoms with Crippen LogP contribution in [0, 0.1) is 0 Å². The van der Waals surface area contributed by atoms with Crippen molar-refractivity contribution >= 4 is 26.0 Å². The molecule has 0 N–H and O–H groups in total. The predicted octanol–water partition coefficient (Wildman–Crippen LogP) is 0.778. The van der Waals surface area contributed by atoms with E-state index in [1.165, 1.54) is 4.31 Å². The van der Waals surface area contributed by atoms with Crippen LogP contribution in [0.2, 0.25) is 0 Å². The summed E-state index contributed by atoms with van der Waals surface area (Å²) >= 11 is 2.98. The Morgan fingerprint density at radius 1 is 1.38 bits per heavy atom. The van der Waals surface area contributed by atoms with Crippen LogP contribution in [0.4, 0.5) is 0 Å². The lowest BCUT2D eigenvalue weighted by atomic mass is 10.3. The maximum Gasteiger partial charge on any atom is 0.224 e. The lowest BCUT2D eigenvalue weighted by Gasteiger charge is -2.33. The van der Waals surface area contributed by atoms with Crippen molar-refractivity contribution in [2.75, 3.05) is 17.8 Å². The first kappa shape index (κ1) is 11.4. The maximum atomic E-state index is 11.5. The molecule has 0 amide bonds. The molecule has 0 aromatic heterocycles. The topological polar surface area (TPSA) is 46.6 Å². The number of hydrogen-bond acceptors (Lipinski definition) is 3. The van der Waals surface area contributed by atoms with E-state index in [1.807, 2.05) is 13.8 Å². The molecule has 1 rings (SSSR count). The van der Waals surface area contributed by atoms with Gasteiger partial charge in [0.2, 0.25) is 10.0 Å². The molecule has 1 heterocycles. The number of alkyl halides is 1. The average Bonchev–Trinajstić information content (AvgIpc) is 2.02. The summed E-state index contributed by atoms with van der Waals surface area (Å²) in [6.07, 6.45) is -0.0323. The van der Waals surface area contributed by atoms with E-state index in [0.717, 1.165) is 0 Å². The molecule has 0 aliphatic carbocycles. The van der Waals surface area contributed by atoms with E-state index in [-0.39, 0.29) is 16.9 Å². The molecule has 0 spiro atoms. The minimum absolute atomic E-state index is 0.0144. The molecule has 1 aliphatic rings. The summed E-state index contributed by atoms with van der Waals surface area (Å²) in [4.78, 5) is 0. The number of sulfonamides is 1. The van der Waals surface area contributed by atoms with Gasteiger partial charge in [0.05, 0.1) is 12.2 Å². The molecule has 0 aromatic rings. The van der Waals surface area contributed by atoms with E-state index in [2.05, 4.69) is 15.9 Å². The monoisotopic (exact) mass is 271 g/mol. The zero-order valence-electron chi connectivity index (χ0n) is 7.73. The van der Waals surface area contributed by atoms with Crippen molar-refractivity contribution < 1.29 is 13.2 Å². The first-order valence-corrected chi connectivity index (χ1v) is 6.88. The van der Waals surface area contributed by atoms with Crippen LogP contribution in [0.5, 0.6) is 0 Å². The summed E-state index contributed by atoms with van der Waals surface area (Å²) < 4.78 is 29.8. The zero-order valence-corrected chi connectivity index (χ0v) is 10.1. The minimum atomic E-state index is -3.12. The van der Waals surface area contributed by atoms with E-state index >= 15 is 0 Å². The van der Waals surface area contributed by atoms with Crippen LogP contribution in [-0.4, -0.2) is 42.7 Å². The number of morpholine rings is 1. The smallest absolute Gasteiger partial charge is 0.224 e. The number of nitrogens with zero attached hydrogens (tertiary/aromatic N) is 1. The van der Waals surface area contributed by atoms with Crippen LogP contribution in [0.3, 0.4) is 0 Å². The summed E-state index contributed by atoms with van der Waals surface area (Å²) in [7, 11) is -3.12. The highest BCUT2D eigenvalue weighted by molar-refractivity contribution is 9.10. The van der Waals surface area contributed by atoms with E-state index in [9.17, 15) is 8.42 Å². The summed E-state index contributed by atoms with van der Waals surface area (Å²) in [5, 5.41) is 0. The van der Waals surface area contributed by atoms with Crippen LogP contribution >= 0.6 is 15.9 Å². The first-order valence-electron chi connectivity index (χ1n) is 4.15. The van der Waals surface area contributed by atoms with Crippen LogP contribution in [-0.2, 0) is 14.8 Å². The van der Waals surface area contributed by atoms with Gasteiger partial charge in [-0.05, 0) is 13.8 Å². The van der Waals surface area contributed by atoms with Crippen molar-refractivity contribution in [1.82, 2.24) is 4.31 Å². The fourth-order valence-electron chi connectivity index (χ4n) is 1.43. The zero-order chi connectivity index (χ0) is 10.1. The molecule has 0 bridgehead atoms. The average molecular weight is 272 g/mol. The Labute approximate surface area is 87.4 Å². The normalized spacial score (nSPS) is 31.9. The molecule has 1 aliphatic heterocycles. The second-order valence-corrected chi connectivity index (χ2v) is 6.57. The van der Waals surface area contributed by atoms with Crippen molar-refractivity contribution in [1.29, 1.82) is 0 Å². The van der Waals surface area contributed by atoms with Crippen LogP contribution in [0.25, 0.3) is 0 Å². The van der Waals surface area contributed by atoms with E-state index < -0.39 is 10.0 Å². The number of rotatable bonds is 2. The SMILES string of the molecule is C[C@H]1CN(S(=O)(=O)CBr)C[C@H](C)O1. The van der Waals surface area contributed by atoms with Gasteiger partial charge in [0, 0.05) is 13.1 Å². The first-order chi connectivity index (χ1) is 5.95. The summed E-state index contributed by atoms with van der Waals surface area (Å²) in [5.41, 5.74) is 0. The Morgan fingerprint density at radius 3 is 2.23 bits per heavy atom. The summed E-state index contributed by atoms with van der Waals surface area (Å²) in [6.45, 7) is 4.68. The summed E-state index contributed by atoms with van der Waals surface area (Å²) in [5.74, 6) is 0. The van der Waals surface area contributed by atoms with Gasteiger partial charge in [-0.1, -0.05) is 15.9 Å². The molecule has 2 atom stereocenters.